The normalized spacial score (nSPS) is 19.1. The molecule has 0 bridgehead atoms. The molecule has 2 aliphatic rings. The Morgan fingerprint density at radius 1 is 1.15 bits per heavy atom. The molecule has 1 aromatic carbocycles. The minimum atomic E-state index is -0.613. The van der Waals surface area contributed by atoms with Gasteiger partial charge in [0.05, 0.1) is 6.04 Å². The minimum Gasteiger partial charge on any atom is -0.422 e. The summed E-state index contributed by atoms with van der Waals surface area (Å²) in [7, 11) is 0. The summed E-state index contributed by atoms with van der Waals surface area (Å²) in [6.45, 7) is 4.05. The number of fused-ring (bicyclic) bond motifs is 1. The van der Waals surface area contributed by atoms with Gasteiger partial charge in [-0.15, -0.1) is 0 Å². The molecule has 2 amide bonds. The van der Waals surface area contributed by atoms with Gasteiger partial charge in [0.1, 0.15) is 11.1 Å². The first-order chi connectivity index (χ1) is 13.0. The summed E-state index contributed by atoms with van der Waals surface area (Å²) in [5, 5.41) is 3.75. The average molecular weight is 369 g/mol. The molecule has 1 saturated heterocycles. The van der Waals surface area contributed by atoms with E-state index in [0.29, 0.717) is 37.8 Å². The number of benzene rings is 1. The van der Waals surface area contributed by atoms with Gasteiger partial charge in [-0.3, -0.25) is 14.5 Å². The first kappa shape index (κ1) is 17.7. The van der Waals surface area contributed by atoms with Gasteiger partial charge in [-0.25, -0.2) is 4.79 Å². The minimum absolute atomic E-state index is 0.0486. The van der Waals surface area contributed by atoms with Crippen molar-refractivity contribution in [3.63, 3.8) is 0 Å². The monoisotopic (exact) mass is 369 g/mol. The number of carbonyl (C=O) groups excluding carboxylic acids is 2. The van der Waals surface area contributed by atoms with Crippen molar-refractivity contribution in [2.75, 3.05) is 26.2 Å². The van der Waals surface area contributed by atoms with Gasteiger partial charge in [0.2, 0.25) is 5.91 Å². The van der Waals surface area contributed by atoms with E-state index in [4.69, 9.17) is 4.42 Å². The smallest absolute Gasteiger partial charge is 0.349 e. The first-order valence-electron chi connectivity index (χ1n) is 9.39. The maximum atomic E-state index is 12.8. The predicted octanol–water partition coefficient (Wildman–Crippen LogP) is 1.22. The largest absolute Gasteiger partial charge is 0.422 e. The Balaban J connectivity index is 1.42. The van der Waals surface area contributed by atoms with Crippen molar-refractivity contribution in [1.29, 1.82) is 0 Å². The van der Waals surface area contributed by atoms with Gasteiger partial charge in [0, 0.05) is 37.6 Å². The van der Waals surface area contributed by atoms with Crippen LogP contribution in [0.3, 0.4) is 0 Å². The number of hydrogen-bond donors (Lipinski definition) is 1. The first-order valence-corrected chi connectivity index (χ1v) is 9.39. The van der Waals surface area contributed by atoms with Crippen molar-refractivity contribution in [2.24, 2.45) is 0 Å². The molecule has 1 saturated carbocycles. The van der Waals surface area contributed by atoms with Crippen molar-refractivity contribution >= 4 is 22.8 Å². The lowest BCUT2D eigenvalue weighted by molar-refractivity contribution is -0.126. The van der Waals surface area contributed by atoms with Gasteiger partial charge >= 0.3 is 5.63 Å². The molecule has 1 atom stereocenters. The molecule has 2 fully saturated rings. The van der Waals surface area contributed by atoms with Crippen LogP contribution >= 0.6 is 0 Å². The highest BCUT2D eigenvalue weighted by molar-refractivity contribution is 5.96. The summed E-state index contributed by atoms with van der Waals surface area (Å²) >= 11 is 0. The summed E-state index contributed by atoms with van der Waals surface area (Å²) in [5.41, 5.74) is -0.0839. The third kappa shape index (κ3) is 3.73. The molecule has 1 N–H and O–H groups in total. The second-order valence-corrected chi connectivity index (χ2v) is 7.27. The zero-order valence-corrected chi connectivity index (χ0v) is 15.3. The number of hydrogen-bond acceptors (Lipinski definition) is 5. The predicted molar refractivity (Wildman–Crippen MR) is 101 cm³/mol. The number of piperazine rings is 1. The van der Waals surface area contributed by atoms with Crippen molar-refractivity contribution in [3.8, 4) is 0 Å². The Morgan fingerprint density at radius 2 is 1.85 bits per heavy atom. The maximum Gasteiger partial charge on any atom is 0.349 e. The molecule has 2 heterocycles. The van der Waals surface area contributed by atoms with Crippen molar-refractivity contribution in [1.82, 2.24) is 15.1 Å². The lowest BCUT2D eigenvalue weighted by Crippen LogP contribution is -2.55. The summed E-state index contributed by atoms with van der Waals surface area (Å²) in [6.07, 6.45) is 2.13. The molecule has 1 aliphatic heterocycles. The molecule has 4 rings (SSSR count). The summed E-state index contributed by atoms with van der Waals surface area (Å²) in [4.78, 5) is 40.9. The van der Waals surface area contributed by atoms with E-state index in [9.17, 15) is 14.4 Å². The molecular formula is C20H23N3O4. The second-order valence-electron chi connectivity index (χ2n) is 7.27. The Hall–Kier alpha value is -2.67. The summed E-state index contributed by atoms with van der Waals surface area (Å²) in [6, 6.07) is 8.87. The standard InChI is InChI=1S/C20H23N3O4/c1-13(18(24)21-15-6-7-15)22-8-10-23(11-9-22)19(25)16-12-14-4-2-3-5-17(14)27-20(16)26/h2-5,12-13,15H,6-11H2,1H3,(H,21,24). The van der Waals surface area contributed by atoms with Crippen LogP contribution in [0.5, 0.6) is 0 Å². The van der Waals surface area contributed by atoms with Gasteiger partial charge < -0.3 is 14.6 Å². The lowest BCUT2D eigenvalue weighted by atomic mass is 10.1. The van der Waals surface area contributed by atoms with E-state index in [1.165, 1.54) is 0 Å². The molecule has 7 heteroatoms. The fourth-order valence-electron chi connectivity index (χ4n) is 3.41. The van der Waals surface area contributed by atoms with Crippen LogP contribution < -0.4 is 10.9 Å². The van der Waals surface area contributed by atoms with E-state index in [2.05, 4.69) is 10.2 Å². The summed E-state index contributed by atoms with van der Waals surface area (Å²) < 4.78 is 5.27. The van der Waals surface area contributed by atoms with Crippen LogP contribution in [-0.2, 0) is 4.79 Å². The topological polar surface area (TPSA) is 82.9 Å². The number of carbonyl (C=O) groups is 2. The zero-order chi connectivity index (χ0) is 19.0. The van der Waals surface area contributed by atoms with Crippen LogP contribution in [0, 0.1) is 0 Å². The molecule has 0 radical (unpaired) electrons. The van der Waals surface area contributed by atoms with Crippen LogP contribution in [0.4, 0.5) is 0 Å². The number of nitrogens with one attached hydrogen (secondary N) is 1. The van der Waals surface area contributed by atoms with Crippen LogP contribution in [0.15, 0.2) is 39.5 Å². The van der Waals surface area contributed by atoms with E-state index >= 15 is 0 Å². The Morgan fingerprint density at radius 3 is 2.56 bits per heavy atom. The van der Waals surface area contributed by atoms with Crippen LogP contribution in [0.25, 0.3) is 11.0 Å². The Bertz CT molecular complexity index is 926. The lowest BCUT2D eigenvalue weighted by Gasteiger charge is -2.37. The van der Waals surface area contributed by atoms with Crippen LogP contribution in [0.1, 0.15) is 30.1 Å². The summed E-state index contributed by atoms with van der Waals surface area (Å²) in [5.74, 6) is -0.267. The quantitative estimate of drug-likeness (QED) is 0.820. The maximum absolute atomic E-state index is 12.8. The van der Waals surface area contributed by atoms with E-state index in [0.717, 1.165) is 18.2 Å². The third-order valence-corrected chi connectivity index (χ3v) is 5.32. The fourth-order valence-corrected chi connectivity index (χ4v) is 3.41. The average Bonchev–Trinajstić information content (AvgIpc) is 3.50. The van der Waals surface area contributed by atoms with Crippen molar-refractivity contribution in [2.45, 2.75) is 31.8 Å². The van der Waals surface area contributed by atoms with Crippen LogP contribution in [0.2, 0.25) is 0 Å². The highest BCUT2D eigenvalue weighted by Gasteiger charge is 2.31. The van der Waals surface area contributed by atoms with Crippen molar-refractivity contribution < 1.29 is 14.0 Å². The van der Waals surface area contributed by atoms with Crippen LogP contribution in [-0.4, -0.2) is 59.9 Å². The molecule has 0 spiro atoms. The van der Waals surface area contributed by atoms with Gasteiger partial charge in [-0.2, -0.15) is 0 Å². The molecule has 1 aromatic heterocycles. The number of nitrogens with zero attached hydrogens (tertiary/aromatic N) is 2. The molecule has 7 nitrogen and oxygen atoms in total. The zero-order valence-electron chi connectivity index (χ0n) is 15.3. The van der Waals surface area contributed by atoms with E-state index < -0.39 is 5.63 Å². The molecule has 27 heavy (non-hydrogen) atoms. The number of amides is 2. The van der Waals surface area contributed by atoms with Crippen molar-refractivity contribution in [3.05, 3.63) is 46.3 Å². The van der Waals surface area contributed by atoms with Gasteiger partial charge in [-0.1, -0.05) is 18.2 Å². The Labute approximate surface area is 156 Å². The van der Waals surface area contributed by atoms with E-state index in [1.807, 2.05) is 19.1 Å². The van der Waals surface area contributed by atoms with Gasteiger partial charge in [0.25, 0.3) is 5.91 Å². The number of para-hydroxylation sites is 1. The Kier molecular flexibility index (Phi) is 4.70. The SMILES string of the molecule is CC(C(=O)NC1CC1)N1CCN(C(=O)c2cc3ccccc3oc2=O)CC1. The fraction of sp³-hybridized carbons (Fsp3) is 0.450. The molecule has 142 valence electrons. The third-order valence-electron chi connectivity index (χ3n) is 5.32. The van der Waals surface area contributed by atoms with E-state index in [1.54, 1.807) is 23.1 Å². The molecular weight excluding hydrogens is 346 g/mol. The van der Waals surface area contributed by atoms with E-state index in [-0.39, 0.29) is 23.4 Å². The van der Waals surface area contributed by atoms with Gasteiger partial charge in [0.15, 0.2) is 0 Å². The molecule has 1 aliphatic carbocycles. The van der Waals surface area contributed by atoms with Gasteiger partial charge in [-0.05, 0) is 31.9 Å². The number of rotatable bonds is 4. The highest BCUT2D eigenvalue weighted by atomic mass is 16.4. The molecule has 1 unspecified atom stereocenters. The highest BCUT2D eigenvalue weighted by Crippen LogP contribution is 2.19. The second kappa shape index (κ2) is 7.15. The molecule has 2 aromatic rings.